The number of rotatable bonds is 19. The third-order valence-electron chi connectivity index (χ3n) is 12.8. The summed E-state index contributed by atoms with van der Waals surface area (Å²) in [7, 11) is 8.97. The van der Waals surface area contributed by atoms with Crippen LogP contribution in [0.4, 0.5) is 4.79 Å². The molecular weight excluding hydrogens is 885 g/mol. The second-order valence-electron chi connectivity index (χ2n) is 19.4. The van der Waals surface area contributed by atoms with Crippen LogP contribution in [-0.2, 0) is 47.5 Å². The van der Waals surface area contributed by atoms with Crippen LogP contribution in [0.25, 0.3) is 21.6 Å². The van der Waals surface area contributed by atoms with Crippen molar-refractivity contribution in [2.45, 2.75) is 117 Å². The van der Waals surface area contributed by atoms with E-state index in [0.29, 0.717) is 49.5 Å². The quantitative estimate of drug-likeness (QED) is 0.0840. The number of aryl methyl sites for hydroxylation is 2. The Morgan fingerprint density at radius 1 is 0.956 bits per heavy atom. The molecule has 4 N–H and O–H groups in total. The van der Waals surface area contributed by atoms with Crippen LogP contribution < -0.4 is 31.0 Å². The van der Waals surface area contributed by atoms with Gasteiger partial charge in [0.15, 0.2) is 0 Å². The fourth-order valence-electron chi connectivity index (χ4n) is 9.10. The molecule has 4 aromatic rings. The van der Waals surface area contributed by atoms with Crippen LogP contribution in [0.3, 0.4) is 0 Å². The van der Waals surface area contributed by atoms with Crippen molar-refractivity contribution >= 4 is 35.1 Å². The summed E-state index contributed by atoms with van der Waals surface area (Å²) in [5.74, 6) is 0.416. The number of β-amino-alcohol motifs (C(OH)–C–C–N with tert-alkyl or cyclic N) is 1. The fourth-order valence-corrected chi connectivity index (χ4v) is 9.91. The van der Waals surface area contributed by atoms with Gasteiger partial charge in [-0.15, -0.1) is 11.3 Å². The number of hydrogen-bond acceptors (Lipinski definition) is 11. The number of aliphatic hydroxyl groups is 1. The van der Waals surface area contributed by atoms with Gasteiger partial charge in [0.2, 0.25) is 17.7 Å². The topological polar surface area (TPSA) is 188 Å². The number of aromatic nitrogens is 2. The lowest BCUT2D eigenvalue weighted by Crippen LogP contribution is -2.57. The highest BCUT2D eigenvalue weighted by atomic mass is 32.1. The van der Waals surface area contributed by atoms with Crippen molar-refractivity contribution in [1.29, 1.82) is 0 Å². The molecule has 1 fully saturated rings. The molecule has 368 valence electrons. The van der Waals surface area contributed by atoms with Crippen molar-refractivity contribution in [1.82, 2.24) is 40.2 Å². The highest BCUT2D eigenvalue weighted by Gasteiger charge is 2.44. The number of likely N-dealkylation sites (tertiary alicyclic amines) is 1. The molecule has 16 nitrogen and oxygen atoms in total. The molecule has 2 aromatic heterocycles. The number of benzene rings is 2. The maximum absolute atomic E-state index is 14.0. The first kappa shape index (κ1) is 51.6. The van der Waals surface area contributed by atoms with E-state index in [9.17, 15) is 29.1 Å². The largest absolute Gasteiger partial charge is 0.496 e. The van der Waals surface area contributed by atoms with Gasteiger partial charge in [0.05, 0.1) is 48.5 Å². The van der Waals surface area contributed by atoms with E-state index in [1.807, 2.05) is 94.8 Å². The number of unbranched alkanes of at least 4 members (excludes halogenated alkanes) is 4. The fraction of sp³-hybridized carbons (Fsp3) is 0.529. The Bertz CT molecular complexity index is 2450. The number of carbonyl (C=O) groups is 4. The molecule has 0 radical (unpaired) electrons. The Morgan fingerprint density at radius 2 is 1.63 bits per heavy atom. The van der Waals surface area contributed by atoms with Gasteiger partial charge in [-0.25, -0.2) is 9.78 Å². The Balaban J connectivity index is 0.929. The third-order valence-corrected chi connectivity index (χ3v) is 13.8. The van der Waals surface area contributed by atoms with E-state index in [4.69, 9.17) is 9.47 Å². The molecule has 5 amide bonds. The Labute approximate surface area is 404 Å². The van der Waals surface area contributed by atoms with Crippen LogP contribution >= 0.6 is 11.3 Å². The number of pyridine rings is 1. The van der Waals surface area contributed by atoms with Crippen molar-refractivity contribution in [2.75, 3.05) is 47.9 Å². The van der Waals surface area contributed by atoms with Gasteiger partial charge in [-0.3, -0.25) is 19.2 Å². The van der Waals surface area contributed by atoms with Gasteiger partial charge in [0.25, 0.3) is 5.56 Å². The minimum absolute atomic E-state index is 0.00927. The molecule has 0 spiro atoms. The van der Waals surface area contributed by atoms with E-state index in [1.54, 1.807) is 42.1 Å². The second kappa shape index (κ2) is 23.0. The first-order chi connectivity index (χ1) is 32.4. The summed E-state index contributed by atoms with van der Waals surface area (Å²) in [4.78, 5) is 78.1. The lowest BCUT2D eigenvalue weighted by molar-refractivity contribution is -0.144. The Kier molecular flexibility index (Phi) is 17.5. The standard InChI is InChI=1S/C51H70N8O8S/c1-32-45(68-31-54-32)34-18-16-33(17-19-34)26-53-47(62)41-25-36(60)27-59(41)49(64)46(51(2,3)4)55-44(61)15-13-11-10-12-14-21-52-50(65)58-22-20-37-38(29-57(7)48(63)39(37)30-58)35-23-42(66-8)40(28-56(5)6)43(24-35)67-9/h16-19,23-24,29,31,36,41,46,60H,10-15,20-22,25-28,30H2,1-9H3,(H,52,65)(H,53,62)(H,55,61)/t36-,41+,46-/m1/s1. The summed E-state index contributed by atoms with van der Waals surface area (Å²) in [5.41, 5.74) is 8.20. The SMILES string of the molecule is COc1cc(-c2cn(C)c(=O)c3c2CCN(C(=O)NCCCCCCCC(=O)N[C@H](C(=O)N2C[C@H](O)C[C@H]2C(=O)NCc2ccc(-c4scnc4C)cc2)C(C)(C)C)C3)cc(OC)c1CN(C)C. The van der Waals surface area contributed by atoms with Crippen molar-refractivity contribution in [3.8, 4) is 33.1 Å². The van der Waals surface area contributed by atoms with Gasteiger partial charge in [0.1, 0.15) is 23.6 Å². The van der Waals surface area contributed by atoms with Gasteiger partial charge in [-0.05, 0) is 80.1 Å². The van der Waals surface area contributed by atoms with E-state index in [1.165, 1.54) is 4.90 Å². The van der Waals surface area contributed by atoms with Crippen LogP contribution in [0, 0.1) is 12.3 Å². The molecule has 4 heterocycles. The number of hydrogen-bond donors (Lipinski definition) is 4. The molecule has 0 unspecified atom stereocenters. The zero-order valence-corrected chi connectivity index (χ0v) is 42.0. The minimum atomic E-state index is -0.890. The van der Waals surface area contributed by atoms with Crippen molar-refractivity contribution in [3.63, 3.8) is 0 Å². The van der Waals surface area contributed by atoms with E-state index in [0.717, 1.165) is 69.6 Å². The van der Waals surface area contributed by atoms with Gasteiger partial charge in [-0.1, -0.05) is 64.3 Å². The van der Waals surface area contributed by atoms with Crippen LogP contribution in [0.1, 0.15) is 93.7 Å². The van der Waals surface area contributed by atoms with Crippen LogP contribution in [-0.4, -0.2) is 119 Å². The first-order valence-corrected chi connectivity index (χ1v) is 24.5. The number of ether oxygens (including phenoxy) is 2. The average Bonchev–Trinajstić information content (AvgIpc) is 3.93. The number of thiazole rings is 1. The van der Waals surface area contributed by atoms with Crippen molar-refractivity contribution in [2.24, 2.45) is 12.5 Å². The number of nitrogens with zero attached hydrogens (tertiary/aromatic N) is 5. The van der Waals surface area contributed by atoms with E-state index >= 15 is 0 Å². The van der Waals surface area contributed by atoms with Crippen LogP contribution in [0.5, 0.6) is 11.5 Å². The Morgan fingerprint density at radius 3 is 2.26 bits per heavy atom. The summed E-state index contributed by atoms with van der Waals surface area (Å²) in [6.45, 7) is 9.66. The number of fused-ring (bicyclic) bond motifs is 1. The average molecular weight is 955 g/mol. The highest BCUT2D eigenvalue weighted by molar-refractivity contribution is 7.13. The molecule has 2 aliphatic heterocycles. The minimum Gasteiger partial charge on any atom is -0.496 e. The predicted molar refractivity (Wildman–Crippen MR) is 264 cm³/mol. The van der Waals surface area contributed by atoms with E-state index < -0.39 is 29.5 Å². The molecule has 0 saturated carbocycles. The number of urea groups is 1. The van der Waals surface area contributed by atoms with Gasteiger partial charge < -0.3 is 49.8 Å². The van der Waals surface area contributed by atoms with Crippen molar-refractivity contribution < 1.29 is 33.8 Å². The number of nitrogens with one attached hydrogen (secondary N) is 3. The Hall–Kier alpha value is -5.78. The molecule has 1 saturated heterocycles. The summed E-state index contributed by atoms with van der Waals surface area (Å²) < 4.78 is 13.1. The molecule has 68 heavy (non-hydrogen) atoms. The lowest BCUT2D eigenvalue weighted by Gasteiger charge is -2.35. The van der Waals surface area contributed by atoms with E-state index in [2.05, 4.69) is 20.9 Å². The second-order valence-corrected chi connectivity index (χ2v) is 20.2. The highest BCUT2D eigenvalue weighted by Crippen LogP contribution is 2.38. The monoisotopic (exact) mass is 955 g/mol. The molecule has 2 aliphatic rings. The zero-order chi connectivity index (χ0) is 49.3. The summed E-state index contributed by atoms with van der Waals surface area (Å²) in [6, 6.07) is 9.91. The molecule has 2 aromatic carbocycles. The maximum Gasteiger partial charge on any atom is 0.317 e. The van der Waals surface area contributed by atoms with Crippen LogP contribution in [0.15, 0.2) is 52.9 Å². The van der Waals surface area contributed by atoms with E-state index in [-0.39, 0.29) is 55.9 Å². The molecular formula is C51H70N8O8S. The van der Waals surface area contributed by atoms with Gasteiger partial charge in [0, 0.05) is 69.9 Å². The smallest absolute Gasteiger partial charge is 0.317 e. The summed E-state index contributed by atoms with van der Waals surface area (Å²) >= 11 is 1.58. The number of aliphatic hydroxyl groups excluding tert-OH is 1. The van der Waals surface area contributed by atoms with Crippen LogP contribution in [0.2, 0.25) is 0 Å². The number of methoxy groups -OCH3 is 2. The van der Waals surface area contributed by atoms with Gasteiger partial charge >= 0.3 is 6.03 Å². The molecule has 6 rings (SSSR count). The zero-order valence-electron chi connectivity index (χ0n) is 41.2. The molecule has 3 atom stereocenters. The third kappa shape index (κ3) is 12.6. The maximum atomic E-state index is 14.0. The lowest BCUT2D eigenvalue weighted by atomic mass is 9.85. The number of amides is 5. The van der Waals surface area contributed by atoms with Crippen molar-refractivity contribution in [3.05, 3.63) is 86.4 Å². The number of carbonyl (C=O) groups excluding carboxylic acids is 4. The molecule has 0 aliphatic carbocycles. The summed E-state index contributed by atoms with van der Waals surface area (Å²) in [5, 5.41) is 19.5. The normalized spacial score (nSPS) is 16.3. The first-order valence-electron chi connectivity index (χ1n) is 23.6. The van der Waals surface area contributed by atoms with Gasteiger partial charge in [-0.2, -0.15) is 0 Å². The molecule has 0 bridgehead atoms. The predicted octanol–water partition coefficient (Wildman–Crippen LogP) is 5.78. The summed E-state index contributed by atoms with van der Waals surface area (Å²) in [6.07, 6.45) is 5.80. The molecule has 17 heteroatoms.